The highest BCUT2D eigenvalue weighted by molar-refractivity contribution is 5.30. The Morgan fingerprint density at radius 3 is 2.81 bits per heavy atom. The van der Waals surface area contributed by atoms with Gasteiger partial charge in [0.25, 0.3) is 0 Å². The zero-order valence-electron chi connectivity index (χ0n) is 10.1. The average molecular weight is 224 g/mol. The Labute approximate surface area is 96.5 Å². The van der Waals surface area contributed by atoms with Crippen molar-refractivity contribution in [1.29, 1.82) is 0 Å². The summed E-state index contributed by atoms with van der Waals surface area (Å²) >= 11 is 0. The Morgan fingerprint density at radius 2 is 2.12 bits per heavy atom. The monoisotopic (exact) mass is 224 g/mol. The zero-order valence-corrected chi connectivity index (χ0v) is 10.1. The molecule has 1 aromatic rings. The van der Waals surface area contributed by atoms with Crippen molar-refractivity contribution in [2.24, 2.45) is 0 Å². The Hall–Kier alpha value is -0.930. The third kappa shape index (κ3) is 2.11. The van der Waals surface area contributed by atoms with E-state index < -0.39 is 0 Å². The second-order valence-corrected chi connectivity index (χ2v) is 4.49. The SMILES string of the molecule is CC[NH+](CC)[C@H]1C[NH2+]Cc2cc(F)ccc21. The molecule has 16 heavy (non-hydrogen) atoms. The fraction of sp³-hybridized carbons (Fsp3) is 0.538. The van der Waals surface area contributed by atoms with Crippen LogP contribution < -0.4 is 10.2 Å². The highest BCUT2D eigenvalue weighted by Crippen LogP contribution is 2.18. The summed E-state index contributed by atoms with van der Waals surface area (Å²) in [6.45, 7) is 8.74. The number of halogens is 1. The highest BCUT2D eigenvalue weighted by Gasteiger charge is 2.29. The second-order valence-electron chi connectivity index (χ2n) is 4.49. The molecule has 2 nitrogen and oxygen atoms in total. The molecule has 3 N–H and O–H groups in total. The number of rotatable bonds is 3. The summed E-state index contributed by atoms with van der Waals surface area (Å²) in [4.78, 5) is 1.59. The van der Waals surface area contributed by atoms with Crippen LogP contribution in [0.5, 0.6) is 0 Å². The smallest absolute Gasteiger partial charge is 0.163 e. The van der Waals surface area contributed by atoms with E-state index in [1.165, 1.54) is 11.1 Å². The van der Waals surface area contributed by atoms with Crippen LogP contribution in [-0.2, 0) is 6.54 Å². The van der Waals surface area contributed by atoms with E-state index in [0.717, 1.165) is 26.2 Å². The maximum Gasteiger partial charge on any atom is 0.163 e. The van der Waals surface area contributed by atoms with Gasteiger partial charge in [0.1, 0.15) is 18.9 Å². The van der Waals surface area contributed by atoms with Gasteiger partial charge in [-0.3, -0.25) is 0 Å². The molecule has 0 radical (unpaired) electrons. The van der Waals surface area contributed by atoms with Crippen LogP contribution >= 0.6 is 0 Å². The Balaban J connectivity index is 2.32. The van der Waals surface area contributed by atoms with Crippen molar-refractivity contribution >= 4 is 0 Å². The summed E-state index contributed by atoms with van der Waals surface area (Å²) in [7, 11) is 0. The lowest BCUT2D eigenvalue weighted by Gasteiger charge is -2.30. The van der Waals surface area contributed by atoms with Crippen LogP contribution in [0.1, 0.15) is 31.0 Å². The van der Waals surface area contributed by atoms with Gasteiger partial charge in [-0.15, -0.1) is 0 Å². The van der Waals surface area contributed by atoms with Crippen LogP contribution in [0, 0.1) is 5.82 Å². The first kappa shape index (κ1) is 11.6. The van der Waals surface area contributed by atoms with Gasteiger partial charge in [0.05, 0.1) is 13.1 Å². The van der Waals surface area contributed by atoms with Gasteiger partial charge in [0, 0.05) is 11.1 Å². The lowest BCUT2D eigenvalue weighted by molar-refractivity contribution is -0.945. The Bertz CT molecular complexity index is 361. The molecule has 3 heteroatoms. The number of benzene rings is 1. The number of nitrogens with one attached hydrogen (secondary N) is 1. The molecule has 0 bridgehead atoms. The van der Waals surface area contributed by atoms with E-state index in [1.54, 1.807) is 17.0 Å². The third-order valence-corrected chi connectivity index (χ3v) is 3.65. The molecule has 0 spiro atoms. The van der Waals surface area contributed by atoms with Crippen LogP contribution in [0.15, 0.2) is 18.2 Å². The van der Waals surface area contributed by atoms with Gasteiger partial charge >= 0.3 is 0 Å². The minimum absolute atomic E-state index is 0.109. The van der Waals surface area contributed by atoms with Gasteiger partial charge in [-0.1, -0.05) is 0 Å². The molecule has 0 unspecified atom stereocenters. The molecule has 1 aliphatic heterocycles. The number of fused-ring (bicyclic) bond motifs is 1. The van der Waals surface area contributed by atoms with Crippen molar-refractivity contribution in [3.63, 3.8) is 0 Å². The summed E-state index contributed by atoms with van der Waals surface area (Å²) in [5.74, 6) is -0.109. The number of quaternary nitrogens is 2. The molecule has 0 saturated carbocycles. The van der Waals surface area contributed by atoms with Gasteiger partial charge in [0.15, 0.2) is 6.04 Å². The van der Waals surface area contributed by atoms with Gasteiger partial charge in [0.2, 0.25) is 0 Å². The molecule has 2 rings (SSSR count). The summed E-state index contributed by atoms with van der Waals surface area (Å²) in [5.41, 5.74) is 2.53. The first-order chi connectivity index (χ1) is 7.76. The molecule has 88 valence electrons. The average Bonchev–Trinajstić information content (AvgIpc) is 2.30. The molecule has 0 amide bonds. The van der Waals surface area contributed by atoms with Crippen LogP contribution in [-0.4, -0.2) is 19.6 Å². The molecular formula is C13H21FN2+2. The van der Waals surface area contributed by atoms with Gasteiger partial charge in [-0.05, 0) is 32.0 Å². The fourth-order valence-electron chi connectivity index (χ4n) is 2.75. The molecule has 0 fully saturated rings. The van der Waals surface area contributed by atoms with Crippen LogP contribution in [0.2, 0.25) is 0 Å². The van der Waals surface area contributed by atoms with Gasteiger partial charge in [-0.25, -0.2) is 4.39 Å². The largest absolute Gasteiger partial charge is 0.337 e. The fourth-order valence-corrected chi connectivity index (χ4v) is 2.75. The summed E-state index contributed by atoms with van der Waals surface area (Å²) in [5, 5.41) is 2.29. The normalized spacial score (nSPS) is 19.9. The summed E-state index contributed by atoms with van der Waals surface area (Å²) < 4.78 is 13.2. The maximum absolute atomic E-state index is 13.2. The zero-order chi connectivity index (χ0) is 11.5. The van der Waals surface area contributed by atoms with E-state index in [0.29, 0.717) is 6.04 Å². The number of hydrogen-bond acceptors (Lipinski definition) is 0. The van der Waals surface area contributed by atoms with E-state index in [4.69, 9.17) is 0 Å². The van der Waals surface area contributed by atoms with Gasteiger partial charge < -0.3 is 10.2 Å². The van der Waals surface area contributed by atoms with Crippen molar-refractivity contribution < 1.29 is 14.6 Å². The molecule has 1 aromatic carbocycles. The van der Waals surface area contributed by atoms with Gasteiger partial charge in [-0.2, -0.15) is 0 Å². The number of likely N-dealkylation sites (N-methyl/N-ethyl adjacent to an activating group) is 1. The third-order valence-electron chi connectivity index (χ3n) is 3.65. The Morgan fingerprint density at radius 1 is 1.38 bits per heavy atom. The predicted octanol–water partition coefficient (Wildman–Crippen LogP) is -0.131. The molecule has 1 atom stereocenters. The maximum atomic E-state index is 13.2. The number of hydrogen-bond donors (Lipinski definition) is 2. The highest BCUT2D eigenvalue weighted by atomic mass is 19.1. The van der Waals surface area contributed by atoms with E-state index in [2.05, 4.69) is 19.2 Å². The molecular weight excluding hydrogens is 203 g/mol. The van der Waals surface area contributed by atoms with Crippen molar-refractivity contribution in [2.45, 2.75) is 26.4 Å². The van der Waals surface area contributed by atoms with E-state index in [-0.39, 0.29) is 5.82 Å². The van der Waals surface area contributed by atoms with Crippen LogP contribution in [0.3, 0.4) is 0 Å². The first-order valence-electron chi connectivity index (χ1n) is 6.20. The van der Waals surface area contributed by atoms with Crippen molar-refractivity contribution in [2.75, 3.05) is 19.6 Å². The topological polar surface area (TPSA) is 21.1 Å². The second kappa shape index (κ2) is 4.93. The lowest BCUT2D eigenvalue weighted by atomic mass is 9.95. The standard InChI is InChI=1S/C13H19FN2/c1-3-16(4-2)13-9-15-8-10-7-11(14)5-6-12(10)13/h5-7,13,15H,3-4,8-9H2,1-2H3/p+2/t13-/m0/s1. The molecule has 0 aliphatic carbocycles. The van der Waals surface area contributed by atoms with E-state index in [9.17, 15) is 4.39 Å². The Kier molecular flexibility index (Phi) is 3.56. The minimum Gasteiger partial charge on any atom is -0.337 e. The molecule has 0 saturated heterocycles. The van der Waals surface area contributed by atoms with E-state index in [1.807, 2.05) is 6.07 Å². The molecule has 1 aliphatic rings. The van der Waals surface area contributed by atoms with Crippen molar-refractivity contribution in [1.82, 2.24) is 0 Å². The predicted molar refractivity (Wildman–Crippen MR) is 61.7 cm³/mol. The van der Waals surface area contributed by atoms with E-state index >= 15 is 0 Å². The molecule has 1 heterocycles. The lowest BCUT2D eigenvalue weighted by Crippen LogP contribution is -3.14. The minimum atomic E-state index is -0.109. The number of nitrogens with two attached hydrogens (primary N) is 1. The summed E-state index contributed by atoms with van der Waals surface area (Å²) in [6, 6.07) is 5.80. The van der Waals surface area contributed by atoms with Crippen molar-refractivity contribution in [3.8, 4) is 0 Å². The first-order valence-corrected chi connectivity index (χ1v) is 6.20. The van der Waals surface area contributed by atoms with Crippen LogP contribution in [0.4, 0.5) is 4.39 Å². The van der Waals surface area contributed by atoms with Crippen molar-refractivity contribution in [3.05, 3.63) is 35.1 Å². The molecule has 0 aromatic heterocycles. The summed E-state index contributed by atoms with van der Waals surface area (Å²) in [6.07, 6.45) is 0. The van der Waals surface area contributed by atoms with Crippen LogP contribution in [0.25, 0.3) is 0 Å². The quantitative estimate of drug-likeness (QED) is 0.714.